The lowest BCUT2D eigenvalue weighted by Gasteiger charge is -2.33. The minimum atomic E-state index is -0.750. The van der Waals surface area contributed by atoms with Gasteiger partial charge in [-0.2, -0.15) is 0 Å². The van der Waals surface area contributed by atoms with Crippen LogP contribution in [0.15, 0.2) is 91.0 Å². The van der Waals surface area contributed by atoms with E-state index in [9.17, 15) is 14.4 Å². The average Bonchev–Trinajstić information content (AvgIpc) is 3.23. The molecule has 0 spiro atoms. The molecule has 3 amide bonds. The van der Waals surface area contributed by atoms with E-state index in [4.69, 9.17) is 0 Å². The minimum Gasteiger partial charge on any atom is -0.352 e. The zero-order valence-corrected chi connectivity index (χ0v) is 23.3. The average molecular weight is 534 g/mol. The molecule has 1 heterocycles. The van der Waals surface area contributed by atoms with Crippen molar-refractivity contribution >= 4 is 34.2 Å². The van der Waals surface area contributed by atoms with Crippen molar-refractivity contribution < 1.29 is 14.4 Å². The first-order chi connectivity index (χ1) is 19.4. The maximum absolute atomic E-state index is 14.2. The molecule has 0 saturated heterocycles. The number of amides is 3. The molecule has 0 fully saturated rings. The number of nitrogens with zero attached hydrogens (tertiary/aromatic N) is 2. The Hall–Kier alpha value is -4.45. The molecule has 5 rings (SSSR count). The summed E-state index contributed by atoms with van der Waals surface area (Å²) in [6, 6.07) is 28.3. The van der Waals surface area contributed by atoms with Crippen molar-refractivity contribution in [1.82, 2.24) is 10.2 Å². The third-order valence-corrected chi connectivity index (χ3v) is 7.65. The fourth-order valence-corrected chi connectivity index (χ4v) is 5.36. The lowest BCUT2D eigenvalue weighted by atomic mass is 10.0. The highest BCUT2D eigenvalue weighted by molar-refractivity contribution is 6.26. The fraction of sp³-hybridized carbons (Fsp3) is 0.265. The number of anilines is 1. The number of aryl methyl sites for hydroxylation is 1. The van der Waals surface area contributed by atoms with Crippen LogP contribution in [0, 0.1) is 6.92 Å². The van der Waals surface area contributed by atoms with Crippen LogP contribution in [0.3, 0.4) is 0 Å². The van der Waals surface area contributed by atoms with Gasteiger partial charge in [-0.25, -0.2) is 0 Å². The Balaban J connectivity index is 1.51. The zero-order chi connectivity index (χ0) is 28.2. The van der Waals surface area contributed by atoms with Crippen LogP contribution < -0.4 is 10.2 Å². The van der Waals surface area contributed by atoms with Gasteiger partial charge in [-0.3, -0.25) is 19.3 Å². The second-order valence-corrected chi connectivity index (χ2v) is 10.6. The smallest absolute Gasteiger partial charge is 0.259 e. The molecular weight excluding hydrogens is 498 g/mol. The highest BCUT2D eigenvalue weighted by Gasteiger charge is 2.36. The molecule has 1 N–H and O–H groups in total. The summed E-state index contributed by atoms with van der Waals surface area (Å²) in [4.78, 5) is 44.7. The van der Waals surface area contributed by atoms with E-state index in [-0.39, 0.29) is 36.9 Å². The van der Waals surface area contributed by atoms with Crippen molar-refractivity contribution in [2.75, 3.05) is 11.4 Å². The molecular formula is C34H35N3O3. The molecule has 1 aliphatic rings. The number of benzene rings is 4. The molecule has 0 radical (unpaired) electrons. The highest BCUT2D eigenvalue weighted by atomic mass is 16.2. The highest BCUT2D eigenvalue weighted by Crippen LogP contribution is 2.37. The Morgan fingerprint density at radius 2 is 1.60 bits per heavy atom. The van der Waals surface area contributed by atoms with Gasteiger partial charge >= 0.3 is 0 Å². The van der Waals surface area contributed by atoms with Crippen molar-refractivity contribution in [3.8, 4) is 0 Å². The predicted octanol–water partition coefficient (Wildman–Crippen LogP) is 5.66. The molecule has 6 heteroatoms. The maximum Gasteiger partial charge on any atom is 0.259 e. The largest absolute Gasteiger partial charge is 0.352 e. The van der Waals surface area contributed by atoms with Crippen LogP contribution in [0.5, 0.6) is 0 Å². The molecule has 40 heavy (non-hydrogen) atoms. The van der Waals surface area contributed by atoms with Crippen LogP contribution in [0.2, 0.25) is 0 Å². The lowest BCUT2D eigenvalue weighted by molar-refractivity contribution is -0.140. The van der Waals surface area contributed by atoms with Crippen LogP contribution in [0.25, 0.3) is 10.8 Å². The third-order valence-electron chi connectivity index (χ3n) is 7.65. The Bertz CT molecular complexity index is 1540. The molecule has 2 unspecified atom stereocenters. The summed E-state index contributed by atoms with van der Waals surface area (Å²) < 4.78 is 0. The number of carbonyl (C=O) groups is 3. The Labute approximate surface area is 235 Å². The Kier molecular flexibility index (Phi) is 7.96. The number of carbonyl (C=O) groups excluding carboxylic acids is 3. The Morgan fingerprint density at radius 3 is 2.33 bits per heavy atom. The van der Waals surface area contributed by atoms with Crippen LogP contribution in [-0.4, -0.2) is 41.2 Å². The molecule has 2 atom stereocenters. The summed E-state index contributed by atoms with van der Waals surface area (Å²) in [6.07, 6.45) is 1.14. The normalized spacial score (nSPS) is 13.8. The fourth-order valence-electron chi connectivity index (χ4n) is 5.36. The maximum atomic E-state index is 14.2. The molecule has 4 aromatic rings. The van der Waals surface area contributed by atoms with Gasteiger partial charge in [-0.15, -0.1) is 0 Å². The van der Waals surface area contributed by atoms with Crippen molar-refractivity contribution in [3.05, 3.63) is 113 Å². The summed E-state index contributed by atoms with van der Waals surface area (Å²) >= 11 is 0. The van der Waals surface area contributed by atoms with Crippen LogP contribution in [-0.2, 0) is 22.6 Å². The second kappa shape index (κ2) is 11.7. The van der Waals surface area contributed by atoms with Gasteiger partial charge in [0.1, 0.15) is 12.6 Å². The summed E-state index contributed by atoms with van der Waals surface area (Å²) in [5, 5.41) is 4.93. The van der Waals surface area contributed by atoms with Crippen molar-refractivity contribution in [2.24, 2.45) is 0 Å². The third kappa shape index (κ3) is 5.62. The van der Waals surface area contributed by atoms with Gasteiger partial charge in [0, 0.05) is 30.0 Å². The molecule has 1 aliphatic heterocycles. The SMILES string of the molecule is CCC(C)NC(=O)C(Cc1ccccc1)N(Cc1cccc(C)c1)C(=O)CN1C(=O)c2cccc3cccc1c23. The van der Waals surface area contributed by atoms with Crippen LogP contribution >= 0.6 is 0 Å². The first-order valence-corrected chi connectivity index (χ1v) is 13.9. The molecule has 4 aromatic carbocycles. The zero-order valence-electron chi connectivity index (χ0n) is 23.3. The van der Waals surface area contributed by atoms with E-state index in [1.54, 1.807) is 15.9 Å². The molecule has 0 aromatic heterocycles. The van der Waals surface area contributed by atoms with Gasteiger partial charge in [-0.05, 0) is 48.9 Å². The molecule has 204 valence electrons. The van der Waals surface area contributed by atoms with E-state index in [0.717, 1.165) is 39.6 Å². The summed E-state index contributed by atoms with van der Waals surface area (Å²) in [6.45, 7) is 6.09. The van der Waals surface area contributed by atoms with Crippen molar-refractivity contribution in [2.45, 2.75) is 52.2 Å². The van der Waals surface area contributed by atoms with E-state index < -0.39 is 6.04 Å². The minimum absolute atomic E-state index is 0.0334. The summed E-state index contributed by atoms with van der Waals surface area (Å²) in [5.41, 5.74) is 4.29. The van der Waals surface area contributed by atoms with Gasteiger partial charge in [0.05, 0.1) is 5.69 Å². The van der Waals surface area contributed by atoms with Gasteiger partial charge in [0.2, 0.25) is 11.8 Å². The number of rotatable bonds is 10. The number of hydrogen-bond donors (Lipinski definition) is 1. The van der Waals surface area contributed by atoms with Gasteiger partial charge in [0.15, 0.2) is 0 Å². The standard InChI is InChI=1S/C34H35N3O3/c1-4-24(3)35-33(39)30(20-25-12-6-5-7-13-25)36(21-26-14-8-11-23(2)19-26)31(38)22-37-29-18-10-16-27-15-9-17-28(32(27)29)34(37)40/h5-19,24,30H,4,20-22H2,1-3H3,(H,35,39). The topological polar surface area (TPSA) is 69.7 Å². The lowest BCUT2D eigenvalue weighted by Crippen LogP contribution is -2.54. The predicted molar refractivity (Wildman–Crippen MR) is 159 cm³/mol. The number of nitrogens with one attached hydrogen (secondary N) is 1. The van der Waals surface area contributed by atoms with Crippen LogP contribution in [0.1, 0.15) is 47.3 Å². The van der Waals surface area contributed by atoms with Gasteiger partial charge < -0.3 is 10.2 Å². The van der Waals surface area contributed by atoms with E-state index in [1.807, 2.05) is 106 Å². The van der Waals surface area contributed by atoms with E-state index in [2.05, 4.69) is 5.32 Å². The molecule has 6 nitrogen and oxygen atoms in total. The van der Waals surface area contributed by atoms with Crippen LogP contribution in [0.4, 0.5) is 5.69 Å². The van der Waals surface area contributed by atoms with E-state index in [1.165, 1.54) is 0 Å². The van der Waals surface area contributed by atoms with Crippen molar-refractivity contribution in [1.29, 1.82) is 0 Å². The first-order valence-electron chi connectivity index (χ1n) is 13.9. The van der Waals surface area contributed by atoms with Gasteiger partial charge in [-0.1, -0.05) is 91.3 Å². The molecule has 0 aliphatic carbocycles. The van der Waals surface area contributed by atoms with Gasteiger partial charge in [0.25, 0.3) is 5.91 Å². The first kappa shape index (κ1) is 27.1. The van der Waals surface area contributed by atoms with E-state index in [0.29, 0.717) is 12.0 Å². The molecule has 0 saturated carbocycles. The quantitative estimate of drug-likeness (QED) is 0.286. The summed E-state index contributed by atoms with van der Waals surface area (Å²) in [5.74, 6) is -0.670. The molecule has 0 bridgehead atoms. The van der Waals surface area contributed by atoms with Crippen molar-refractivity contribution in [3.63, 3.8) is 0 Å². The Morgan fingerprint density at radius 1 is 0.900 bits per heavy atom. The number of hydrogen-bond acceptors (Lipinski definition) is 3. The monoisotopic (exact) mass is 533 g/mol. The summed E-state index contributed by atoms with van der Waals surface area (Å²) in [7, 11) is 0. The van der Waals surface area contributed by atoms with E-state index >= 15 is 0 Å². The second-order valence-electron chi connectivity index (χ2n) is 10.6.